The number of carbonyl (C=O) groups is 2. The Kier molecular flexibility index (Phi) is 46.7. The van der Waals surface area contributed by atoms with Gasteiger partial charge in [0.15, 0.2) is 18.7 Å². The van der Waals surface area contributed by atoms with E-state index in [0.29, 0.717) is 12.8 Å². The molecule has 0 spiro atoms. The number of esters is 2. The summed E-state index contributed by atoms with van der Waals surface area (Å²) in [7, 11) is 0. The van der Waals surface area contributed by atoms with Gasteiger partial charge in [0, 0.05) is 12.8 Å². The zero-order valence-corrected chi connectivity index (χ0v) is 49.9. The number of aliphatic hydroxyl groups excluding tert-OH is 7. The average molecular weight is 1130 g/mol. The maximum atomic E-state index is 13.1. The summed E-state index contributed by atoms with van der Waals surface area (Å²) in [5.41, 5.74) is 0. The molecule has 0 amide bonds. The fourth-order valence-corrected chi connectivity index (χ4v) is 10.4. The second kappa shape index (κ2) is 50.5. The summed E-state index contributed by atoms with van der Waals surface area (Å²) in [5, 5.41) is 72.4. The van der Waals surface area contributed by atoms with E-state index in [1.807, 2.05) is 0 Å². The molecule has 11 unspecified atom stereocenters. The molecule has 79 heavy (non-hydrogen) atoms. The van der Waals surface area contributed by atoms with Crippen molar-refractivity contribution in [3.8, 4) is 0 Å². The van der Waals surface area contributed by atoms with Gasteiger partial charge in [-0.1, -0.05) is 244 Å². The SMILES string of the molecule is CCCCCCC/C=C\C/C=C\CCCCCCCCCCCC(=O)OC(COC(=O)CCCCCCCCCCCCCCCCCCCCCCCC)COC1OC(COC2OC(CO)C(O)C(O)C2O)C(O)C(O)C1O. The molecule has 464 valence electrons. The molecule has 15 nitrogen and oxygen atoms in total. The summed E-state index contributed by atoms with van der Waals surface area (Å²) in [6, 6.07) is 0. The van der Waals surface area contributed by atoms with Crippen molar-refractivity contribution >= 4 is 11.9 Å². The standard InChI is InChI=1S/C64H118O15/c1-3-5-7-9-11-13-15-17-19-21-23-25-27-28-30-32-34-36-38-40-42-44-46-55(66)74-49-52(50-75-63-62(73)60(71)58(69)54(79-63)51-76-64-61(72)59(70)57(68)53(48-65)78-64)77-56(67)47-45-43-41-39-37-35-33-31-29-26-24-22-20-18-16-14-12-10-8-6-4-2/h16,18,22,24,52-54,57-65,68-73H,3-15,17,19-21,23,25-51H2,1-2H3/b18-16-,24-22-. The van der Waals surface area contributed by atoms with Crippen LogP contribution in [0, 0.1) is 0 Å². The smallest absolute Gasteiger partial charge is 0.306 e. The lowest BCUT2D eigenvalue weighted by Crippen LogP contribution is -2.61. The zero-order valence-electron chi connectivity index (χ0n) is 49.9. The Balaban J connectivity index is 1.70. The molecule has 0 aromatic carbocycles. The van der Waals surface area contributed by atoms with E-state index in [4.69, 9.17) is 28.4 Å². The van der Waals surface area contributed by atoms with E-state index >= 15 is 0 Å². The highest BCUT2D eigenvalue weighted by Crippen LogP contribution is 2.27. The Morgan fingerprint density at radius 3 is 1.18 bits per heavy atom. The molecule has 2 saturated heterocycles. The largest absolute Gasteiger partial charge is 0.462 e. The molecule has 2 heterocycles. The Morgan fingerprint density at radius 2 is 0.759 bits per heavy atom. The van der Waals surface area contributed by atoms with Gasteiger partial charge < -0.3 is 64.2 Å². The molecule has 2 aliphatic rings. The molecule has 2 rings (SSSR count). The van der Waals surface area contributed by atoms with E-state index in [-0.39, 0.29) is 26.1 Å². The normalized spacial score (nSPS) is 24.0. The van der Waals surface area contributed by atoms with E-state index in [2.05, 4.69) is 38.2 Å². The van der Waals surface area contributed by atoms with E-state index in [1.54, 1.807) is 0 Å². The summed E-state index contributed by atoms with van der Waals surface area (Å²) in [6.45, 7) is 2.64. The predicted octanol–water partition coefficient (Wildman–Crippen LogP) is 12.2. The summed E-state index contributed by atoms with van der Waals surface area (Å²) in [4.78, 5) is 26.0. The number of allylic oxidation sites excluding steroid dienone is 4. The van der Waals surface area contributed by atoms with Crippen LogP contribution < -0.4 is 0 Å². The number of rotatable bonds is 53. The van der Waals surface area contributed by atoms with Gasteiger partial charge >= 0.3 is 11.9 Å². The molecule has 2 fully saturated rings. The third-order valence-corrected chi connectivity index (χ3v) is 15.7. The molecule has 0 aliphatic carbocycles. The second-order valence-electron chi connectivity index (χ2n) is 23.0. The minimum atomic E-state index is -1.76. The van der Waals surface area contributed by atoms with Gasteiger partial charge in [-0.2, -0.15) is 0 Å². The van der Waals surface area contributed by atoms with Crippen LogP contribution in [-0.2, 0) is 38.0 Å². The topological polar surface area (TPSA) is 231 Å². The van der Waals surface area contributed by atoms with Crippen molar-refractivity contribution in [3.63, 3.8) is 0 Å². The minimum absolute atomic E-state index is 0.164. The Labute approximate surface area is 479 Å². The highest BCUT2D eigenvalue weighted by molar-refractivity contribution is 5.70. The van der Waals surface area contributed by atoms with Crippen molar-refractivity contribution in [2.75, 3.05) is 26.4 Å². The van der Waals surface area contributed by atoms with Gasteiger partial charge in [0.25, 0.3) is 0 Å². The Morgan fingerprint density at radius 1 is 0.405 bits per heavy atom. The van der Waals surface area contributed by atoms with Gasteiger partial charge in [0.1, 0.15) is 55.4 Å². The minimum Gasteiger partial charge on any atom is -0.462 e. The van der Waals surface area contributed by atoms with Gasteiger partial charge in [-0.05, 0) is 44.9 Å². The number of hydrogen-bond donors (Lipinski definition) is 7. The maximum absolute atomic E-state index is 13.1. The van der Waals surface area contributed by atoms with Crippen molar-refractivity contribution in [1.82, 2.24) is 0 Å². The molecule has 11 atom stereocenters. The van der Waals surface area contributed by atoms with Crippen LogP contribution in [0.15, 0.2) is 24.3 Å². The third kappa shape index (κ3) is 37.0. The quantitative estimate of drug-likeness (QED) is 0.0171. The van der Waals surface area contributed by atoms with Crippen molar-refractivity contribution in [1.29, 1.82) is 0 Å². The molecule has 0 aromatic heterocycles. The van der Waals surface area contributed by atoms with Crippen LogP contribution in [-0.4, -0.2) is 142 Å². The van der Waals surface area contributed by atoms with Crippen molar-refractivity contribution in [2.45, 2.75) is 345 Å². The van der Waals surface area contributed by atoms with Crippen LogP contribution >= 0.6 is 0 Å². The summed E-state index contributed by atoms with van der Waals surface area (Å²) in [6.07, 6.45) is 40.5. The van der Waals surface area contributed by atoms with Crippen molar-refractivity contribution < 1.29 is 73.8 Å². The number of unbranched alkanes of at least 4 members (excludes halogenated alkanes) is 35. The molecule has 0 saturated carbocycles. The lowest BCUT2D eigenvalue weighted by atomic mass is 9.98. The fourth-order valence-electron chi connectivity index (χ4n) is 10.4. The van der Waals surface area contributed by atoms with Crippen LogP contribution in [0.25, 0.3) is 0 Å². The van der Waals surface area contributed by atoms with E-state index in [9.17, 15) is 45.3 Å². The van der Waals surface area contributed by atoms with Crippen LogP contribution in [0.5, 0.6) is 0 Å². The average Bonchev–Trinajstić information content (AvgIpc) is 3.52. The molecule has 15 heteroatoms. The molecular formula is C64H118O15. The Hall–Kier alpha value is -2.02. The Bertz CT molecular complexity index is 1460. The zero-order chi connectivity index (χ0) is 57.4. The van der Waals surface area contributed by atoms with Gasteiger partial charge in [-0.3, -0.25) is 9.59 Å². The van der Waals surface area contributed by atoms with E-state index in [0.717, 1.165) is 57.8 Å². The highest BCUT2D eigenvalue weighted by atomic mass is 16.7. The molecule has 2 aliphatic heterocycles. The van der Waals surface area contributed by atoms with Gasteiger partial charge in [0.05, 0.1) is 19.8 Å². The first kappa shape index (κ1) is 73.1. The summed E-state index contributed by atoms with van der Waals surface area (Å²) < 4.78 is 33.8. The first-order valence-electron chi connectivity index (χ1n) is 32.4. The fraction of sp³-hybridized carbons (Fsp3) is 0.906. The van der Waals surface area contributed by atoms with Crippen LogP contribution in [0.2, 0.25) is 0 Å². The van der Waals surface area contributed by atoms with Crippen molar-refractivity contribution in [2.24, 2.45) is 0 Å². The van der Waals surface area contributed by atoms with Crippen molar-refractivity contribution in [3.05, 3.63) is 24.3 Å². The summed E-state index contributed by atoms with van der Waals surface area (Å²) >= 11 is 0. The highest BCUT2D eigenvalue weighted by Gasteiger charge is 2.47. The third-order valence-electron chi connectivity index (χ3n) is 15.7. The molecule has 0 radical (unpaired) electrons. The van der Waals surface area contributed by atoms with E-state index < -0.39 is 92.7 Å². The van der Waals surface area contributed by atoms with Gasteiger partial charge in [0.2, 0.25) is 0 Å². The summed E-state index contributed by atoms with van der Waals surface area (Å²) in [5.74, 6) is -0.913. The number of aliphatic hydroxyl groups is 7. The predicted molar refractivity (Wildman–Crippen MR) is 312 cm³/mol. The monoisotopic (exact) mass is 1130 g/mol. The molecule has 0 aromatic rings. The molecular weight excluding hydrogens is 1010 g/mol. The molecule has 7 N–H and O–H groups in total. The first-order valence-corrected chi connectivity index (χ1v) is 32.4. The second-order valence-corrected chi connectivity index (χ2v) is 23.0. The number of hydrogen-bond acceptors (Lipinski definition) is 15. The van der Waals surface area contributed by atoms with Crippen LogP contribution in [0.3, 0.4) is 0 Å². The van der Waals surface area contributed by atoms with Crippen LogP contribution in [0.1, 0.15) is 277 Å². The lowest BCUT2D eigenvalue weighted by molar-refractivity contribution is -0.332. The van der Waals surface area contributed by atoms with E-state index in [1.165, 1.54) is 180 Å². The first-order chi connectivity index (χ1) is 38.5. The van der Waals surface area contributed by atoms with Gasteiger partial charge in [-0.15, -0.1) is 0 Å². The van der Waals surface area contributed by atoms with Crippen LogP contribution in [0.4, 0.5) is 0 Å². The lowest BCUT2D eigenvalue weighted by Gasteiger charge is -2.42. The van der Waals surface area contributed by atoms with Gasteiger partial charge in [-0.25, -0.2) is 0 Å². The number of ether oxygens (including phenoxy) is 6. The maximum Gasteiger partial charge on any atom is 0.306 e. The molecule has 0 bridgehead atoms. The number of carbonyl (C=O) groups excluding carboxylic acids is 2.